The van der Waals surface area contributed by atoms with Gasteiger partial charge in [0.1, 0.15) is 0 Å². The molecule has 1 unspecified atom stereocenters. The molecule has 25 heavy (non-hydrogen) atoms. The molecule has 0 fully saturated rings. The maximum atomic E-state index is 11.9. The van der Waals surface area contributed by atoms with E-state index in [1.165, 1.54) is 0 Å². The van der Waals surface area contributed by atoms with Crippen LogP contribution >= 0.6 is 46.2 Å². The van der Waals surface area contributed by atoms with Gasteiger partial charge in [-0.2, -0.15) is 0 Å². The summed E-state index contributed by atoms with van der Waals surface area (Å²) < 4.78 is 5.64. The molecule has 2 aromatic rings. The van der Waals surface area contributed by atoms with Gasteiger partial charge in [0.25, 0.3) is 5.60 Å². The first-order valence-electron chi connectivity index (χ1n) is 6.21. The third-order valence-electron chi connectivity index (χ3n) is 2.82. The normalized spacial score (nSPS) is 20.1. The minimum Gasteiger partial charge on any atom is -0.501 e. The third kappa shape index (κ3) is 3.35. The number of nitrogen functional groups attached to an aromatic ring is 2. The van der Waals surface area contributed by atoms with E-state index in [9.17, 15) is 19.8 Å². The van der Waals surface area contributed by atoms with E-state index < -0.39 is 23.3 Å². The molecule has 11 nitrogen and oxygen atoms in total. The summed E-state index contributed by atoms with van der Waals surface area (Å²) >= 11 is 3.77. The van der Waals surface area contributed by atoms with Crippen LogP contribution in [0.3, 0.4) is 0 Å². The van der Waals surface area contributed by atoms with Crippen LogP contribution in [-0.2, 0) is 14.3 Å². The van der Waals surface area contributed by atoms with Crippen LogP contribution in [0.5, 0.6) is 0 Å². The summed E-state index contributed by atoms with van der Waals surface area (Å²) in [6.45, 7) is 0. The number of aliphatic carboxylic acids is 1. The lowest BCUT2D eigenvalue weighted by Crippen LogP contribution is -2.43. The Bertz CT molecular complexity index is 881. The number of hydrogen-bond acceptors (Lipinski definition) is 14. The number of aliphatic hydroxyl groups excluding tert-OH is 1. The fourth-order valence-electron chi connectivity index (χ4n) is 1.76. The Kier molecular flexibility index (Phi) is 4.72. The number of aromatic nitrogens is 4. The summed E-state index contributed by atoms with van der Waals surface area (Å²) in [6.07, 6.45) is 0. The number of nitrogens with zero attached hydrogens (tertiary/aromatic N) is 4. The Morgan fingerprint density at radius 1 is 1.16 bits per heavy atom. The number of carboxylic acids is 1. The minimum absolute atomic E-state index is 0.160. The van der Waals surface area contributed by atoms with E-state index in [0.717, 1.165) is 46.2 Å². The van der Waals surface area contributed by atoms with Gasteiger partial charge in [-0.05, 0) is 0 Å². The van der Waals surface area contributed by atoms with Crippen molar-refractivity contribution in [3.05, 3.63) is 10.7 Å². The van der Waals surface area contributed by atoms with E-state index >= 15 is 0 Å². The quantitative estimate of drug-likeness (QED) is 0.376. The second-order valence-electron chi connectivity index (χ2n) is 4.40. The number of carbonyl (C=O) groups excluding carboxylic acids is 1. The van der Waals surface area contributed by atoms with Gasteiger partial charge < -0.3 is 26.4 Å². The van der Waals surface area contributed by atoms with Crippen LogP contribution in [0.15, 0.2) is 19.3 Å². The smallest absolute Gasteiger partial charge is 0.375 e. The van der Waals surface area contributed by atoms with Crippen molar-refractivity contribution in [2.45, 2.75) is 14.3 Å². The van der Waals surface area contributed by atoms with E-state index in [1.807, 2.05) is 0 Å². The number of nitrogens with two attached hydrogens (primary N) is 2. The maximum Gasteiger partial charge on any atom is 0.375 e. The van der Waals surface area contributed by atoms with E-state index in [2.05, 4.69) is 20.4 Å². The number of carboxylic acid groups (broad SMARTS) is 1. The highest BCUT2D eigenvalue weighted by molar-refractivity contribution is 8.05. The number of carbonyl (C=O) groups is 2. The number of cyclic esters (lactones) is 1. The molecule has 0 bridgehead atoms. The highest BCUT2D eigenvalue weighted by atomic mass is 32.2. The zero-order valence-electron chi connectivity index (χ0n) is 11.9. The number of hydrogen-bond donors (Lipinski definition) is 4. The van der Waals surface area contributed by atoms with E-state index in [-0.39, 0.29) is 25.3 Å². The minimum atomic E-state index is -2.10. The molecule has 15 heteroatoms. The summed E-state index contributed by atoms with van der Waals surface area (Å²) in [5.41, 5.74) is 8.87. The Morgan fingerprint density at radius 2 is 1.76 bits per heavy atom. The topological polar surface area (TPSA) is 187 Å². The molecule has 1 aliphatic heterocycles. The highest BCUT2D eigenvalue weighted by Gasteiger charge is 2.55. The van der Waals surface area contributed by atoms with Crippen LogP contribution in [0.4, 0.5) is 10.3 Å². The Balaban J connectivity index is 1.92. The second kappa shape index (κ2) is 6.66. The molecule has 132 valence electrons. The molecular formula is C10H8N6O5S4. The van der Waals surface area contributed by atoms with Crippen molar-refractivity contribution in [2.75, 3.05) is 17.2 Å². The van der Waals surface area contributed by atoms with Crippen molar-refractivity contribution >= 4 is 68.4 Å². The lowest BCUT2D eigenvalue weighted by atomic mass is 10.1. The molecule has 3 rings (SSSR count). The predicted molar refractivity (Wildman–Crippen MR) is 91.3 cm³/mol. The van der Waals surface area contributed by atoms with Gasteiger partial charge in [0.15, 0.2) is 8.68 Å². The van der Waals surface area contributed by atoms with Crippen molar-refractivity contribution in [1.29, 1.82) is 0 Å². The number of anilines is 2. The maximum absolute atomic E-state index is 11.9. The van der Waals surface area contributed by atoms with Gasteiger partial charge in [-0.25, -0.2) is 9.59 Å². The van der Waals surface area contributed by atoms with Crippen molar-refractivity contribution < 1.29 is 24.5 Å². The van der Waals surface area contributed by atoms with Crippen LogP contribution in [0.1, 0.15) is 0 Å². The monoisotopic (exact) mass is 420 g/mol. The first kappa shape index (κ1) is 17.7. The van der Waals surface area contributed by atoms with E-state index in [4.69, 9.17) is 16.2 Å². The molecule has 2 aromatic heterocycles. The molecule has 0 radical (unpaired) electrons. The third-order valence-corrected chi connectivity index (χ3v) is 6.88. The Hall–Kier alpha value is -2.10. The van der Waals surface area contributed by atoms with Crippen molar-refractivity contribution in [1.82, 2.24) is 20.4 Å². The van der Waals surface area contributed by atoms with Crippen LogP contribution in [0.25, 0.3) is 0 Å². The molecule has 0 saturated heterocycles. The number of thioether (sulfide) groups is 2. The average molecular weight is 420 g/mol. The molecule has 0 spiro atoms. The van der Waals surface area contributed by atoms with Gasteiger partial charge >= 0.3 is 11.9 Å². The number of aliphatic hydroxyl groups is 1. The summed E-state index contributed by atoms with van der Waals surface area (Å²) in [5, 5.41) is 34.8. The summed E-state index contributed by atoms with van der Waals surface area (Å²) in [6, 6.07) is 0. The van der Waals surface area contributed by atoms with E-state index in [1.54, 1.807) is 0 Å². The molecule has 0 saturated carbocycles. The lowest BCUT2D eigenvalue weighted by molar-refractivity contribution is -0.165. The lowest BCUT2D eigenvalue weighted by Gasteiger charge is -2.24. The van der Waals surface area contributed by atoms with E-state index in [0.29, 0.717) is 4.34 Å². The Labute approximate surface area is 155 Å². The first-order valence-corrected chi connectivity index (χ1v) is 9.64. The van der Waals surface area contributed by atoms with Crippen molar-refractivity contribution in [3.63, 3.8) is 0 Å². The second-order valence-corrected chi connectivity index (χ2v) is 8.90. The highest BCUT2D eigenvalue weighted by Crippen LogP contribution is 2.46. The van der Waals surface area contributed by atoms with Gasteiger partial charge in [0.05, 0.1) is 10.7 Å². The van der Waals surface area contributed by atoms with Crippen molar-refractivity contribution in [3.8, 4) is 0 Å². The molecular weight excluding hydrogens is 412 g/mol. The van der Waals surface area contributed by atoms with Gasteiger partial charge in [-0.15, -0.1) is 20.4 Å². The average Bonchev–Trinajstić information content (AvgIpc) is 3.21. The van der Waals surface area contributed by atoms with Crippen LogP contribution in [-0.4, -0.2) is 53.9 Å². The number of rotatable bonds is 6. The summed E-state index contributed by atoms with van der Waals surface area (Å²) in [5.74, 6) is -3.63. The molecule has 3 heterocycles. The number of ether oxygens (including phenoxy) is 1. The summed E-state index contributed by atoms with van der Waals surface area (Å²) in [4.78, 5) is 23.5. The fourth-order valence-corrected chi connectivity index (χ4v) is 5.43. The molecule has 0 aliphatic carbocycles. The Morgan fingerprint density at radius 3 is 2.28 bits per heavy atom. The summed E-state index contributed by atoms with van der Waals surface area (Å²) in [7, 11) is 0. The molecule has 0 aromatic carbocycles. The molecule has 0 amide bonds. The van der Waals surface area contributed by atoms with Crippen molar-refractivity contribution in [2.24, 2.45) is 0 Å². The SMILES string of the molecule is Nc1nnc(SCC2(C(=O)O)OC(=O)C(O)=C2Sc2nnc(N)s2)s1. The van der Waals surface area contributed by atoms with Crippen LogP contribution in [0.2, 0.25) is 0 Å². The predicted octanol–water partition coefficient (Wildman–Crippen LogP) is 0.588. The molecule has 1 atom stereocenters. The van der Waals surface area contributed by atoms with Gasteiger partial charge in [-0.1, -0.05) is 46.2 Å². The van der Waals surface area contributed by atoms with Gasteiger partial charge in [0, 0.05) is 0 Å². The zero-order chi connectivity index (χ0) is 18.2. The standard InChI is InChI=1S/C10H8N6O5S4/c11-6-13-15-8(24-6)22-1-10(5(19)20)3(2(17)4(18)21-10)23-9-16-14-7(12)25-9/h17H,1H2,(H2,11,13)(H2,12,14)(H,19,20). The van der Waals surface area contributed by atoms with Crippen LogP contribution in [0, 0.1) is 0 Å². The van der Waals surface area contributed by atoms with Crippen LogP contribution < -0.4 is 11.5 Å². The fraction of sp³-hybridized carbons (Fsp3) is 0.200. The number of esters is 1. The molecule has 6 N–H and O–H groups in total. The largest absolute Gasteiger partial charge is 0.501 e. The van der Waals surface area contributed by atoms with Gasteiger partial charge in [-0.3, -0.25) is 0 Å². The molecule has 1 aliphatic rings. The zero-order valence-corrected chi connectivity index (χ0v) is 15.2. The first-order chi connectivity index (χ1) is 11.8. The van der Waals surface area contributed by atoms with Gasteiger partial charge in [0.2, 0.25) is 16.0 Å².